The van der Waals surface area contributed by atoms with E-state index in [0.717, 1.165) is 70.1 Å². The lowest BCUT2D eigenvalue weighted by atomic mass is 10.2. The Bertz CT molecular complexity index is 1250. The number of thiophene rings is 1. The summed E-state index contributed by atoms with van der Waals surface area (Å²) in [7, 11) is 1.84. The summed E-state index contributed by atoms with van der Waals surface area (Å²) in [6.45, 7) is 5.40. The van der Waals surface area contributed by atoms with E-state index >= 15 is 0 Å². The largest absolute Gasteiger partial charge is 0.665 e. The molecule has 8 heteroatoms. The van der Waals surface area contributed by atoms with Crippen LogP contribution >= 0.6 is 11.3 Å². The van der Waals surface area contributed by atoms with Crippen LogP contribution < -0.4 is 5.32 Å². The second kappa shape index (κ2) is 10.5. The monoisotopic (exact) mass is 473 g/mol. The van der Waals surface area contributed by atoms with E-state index in [1.807, 2.05) is 48.3 Å². The zero-order valence-electron chi connectivity index (χ0n) is 19.4. The lowest BCUT2D eigenvalue weighted by molar-refractivity contribution is 0.0630. The smallest absolute Gasteiger partial charge is 0.264 e. The number of hydrogen-bond donors (Lipinski definition) is 1. The minimum atomic E-state index is 0.133. The Kier molecular flexibility index (Phi) is 6.99. The first-order valence-corrected chi connectivity index (χ1v) is 12.6. The second-order valence-electron chi connectivity index (χ2n) is 8.54. The summed E-state index contributed by atoms with van der Waals surface area (Å²) >= 11 is 1.58. The minimum Gasteiger partial charge on any atom is -0.665 e. The molecule has 1 aliphatic rings. The Balaban J connectivity index is 1.23. The number of anilines is 1. The number of carbonyl (C=O) groups is 1. The highest BCUT2D eigenvalue weighted by Gasteiger charge is 2.24. The number of rotatable bonds is 8. The van der Waals surface area contributed by atoms with Gasteiger partial charge < -0.3 is 15.5 Å². The van der Waals surface area contributed by atoms with Crippen molar-refractivity contribution in [2.24, 2.45) is 0 Å². The van der Waals surface area contributed by atoms with E-state index in [1.165, 1.54) is 0 Å². The van der Waals surface area contributed by atoms with Crippen LogP contribution in [0.5, 0.6) is 0 Å². The molecule has 2 aromatic heterocycles. The van der Waals surface area contributed by atoms with Gasteiger partial charge in [-0.05, 0) is 29.7 Å². The predicted molar refractivity (Wildman–Crippen MR) is 140 cm³/mol. The van der Waals surface area contributed by atoms with Gasteiger partial charge in [0.1, 0.15) is 11.6 Å². The maximum absolute atomic E-state index is 13.1. The fourth-order valence-corrected chi connectivity index (χ4v) is 5.36. The number of carbonyl (C=O) groups excluding carboxylic acids is 1. The van der Waals surface area contributed by atoms with Crippen molar-refractivity contribution in [2.75, 3.05) is 51.6 Å². The zero-order chi connectivity index (χ0) is 23.3. The third-order valence-electron chi connectivity index (χ3n) is 6.16. The van der Waals surface area contributed by atoms with E-state index in [0.29, 0.717) is 19.6 Å². The van der Waals surface area contributed by atoms with Crippen molar-refractivity contribution >= 4 is 44.1 Å². The summed E-state index contributed by atoms with van der Waals surface area (Å²) in [5.74, 6) is 1.83. The summed E-state index contributed by atoms with van der Waals surface area (Å²) < 4.78 is 1.16. The molecule has 3 heterocycles. The van der Waals surface area contributed by atoms with Gasteiger partial charge >= 0.3 is 0 Å². The summed E-state index contributed by atoms with van der Waals surface area (Å²) in [6, 6.07) is 18.3. The third-order valence-corrected chi connectivity index (χ3v) is 7.27. The van der Waals surface area contributed by atoms with Gasteiger partial charge in [-0.3, -0.25) is 9.69 Å². The van der Waals surface area contributed by atoms with Gasteiger partial charge in [0.05, 0.1) is 16.9 Å². The molecule has 4 aromatic rings. The summed E-state index contributed by atoms with van der Waals surface area (Å²) in [5, 5.41) is 9.81. The standard InChI is InChI=1S/C26H29N6OS/c1-27-11-6-12-28-25-20-8-3-4-9-21(20)29-24(30-25)18-31-13-15-32(16-14-31)26(33)23-17-19-7-2-5-10-22(19)34-23/h2-5,7-10,17H,6,11-16,18H2,1H3,(H,28,29,30)/q-1. The number of aromatic nitrogens is 2. The predicted octanol–water partition coefficient (Wildman–Crippen LogP) is 4.61. The molecule has 2 aromatic carbocycles. The van der Waals surface area contributed by atoms with E-state index in [4.69, 9.17) is 9.97 Å². The summed E-state index contributed by atoms with van der Waals surface area (Å²) in [6.07, 6.45) is 0.972. The van der Waals surface area contributed by atoms with Crippen LogP contribution in [-0.2, 0) is 6.54 Å². The third kappa shape index (κ3) is 5.04. The van der Waals surface area contributed by atoms with Crippen LogP contribution in [0.25, 0.3) is 26.3 Å². The lowest BCUT2D eigenvalue weighted by Crippen LogP contribution is -2.48. The first kappa shape index (κ1) is 22.7. The van der Waals surface area contributed by atoms with Gasteiger partial charge in [0.15, 0.2) is 0 Å². The molecule has 1 N–H and O–H groups in total. The van der Waals surface area contributed by atoms with Crippen molar-refractivity contribution < 1.29 is 4.79 Å². The highest BCUT2D eigenvalue weighted by atomic mass is 32.1. The van der Waals surface area contributed by atoms with Gasteiger partial charge in [0, 0.05) is 42.8 Å². The van der Waals surface area contributed by atoms with Gasteiger partial charge in [0.2, 0.25) is 0 Å². The van der Waals surface area contributed by atoms with Crippen LogP contribution in [0, 0.1) is 0 Å². The Morgan fingerprint density at radius 2 is 1.85 bits per heavy atom. The molecular weight excluding hydrogens is 444 g/mol. The van der Waals surface area contributed by atoms with Crippen molar-refractivity contribution in [3.63, 3.8) is 0 Å². The number of nitrogens with zero attached hydrogens (tertiary/aromatic N) is 5. The van der Waals surface area contributed by atoms with Gasteiger partial charge in [-0.1, -0.05) is 36.8 Å². The van der Waals surface area contributed by atoms with E-state index in [1.54, 1.807) is 11.3 Å². The molecule has 0 saturated carbocycles. The van der Waals surface area contributed by atoms with Crippen molar-refractivity contribution in [1.82, 2.24) is 19.8 Å². The fourth-order valence-electron chi connectivity index (χ4n) is 4.33. The molecule has 0 aliphatic carbocycles. The molecule has 34 heavy (non-hydrogen) atoms. The van der Waals surface area contributed by atoms with E-state index in [-0.39, 0.29) is 5.91 Å². The van der Waals surface area contributed by atoms with E-state index < -0.39 is 0 Å². The Morgan fingerprint density at radius 1 is 1.06 bits per heavy atom. The van der Waals surface area contributed by atoms with Crippen molar-refractivity contribution in [3.05, 3.63) is 70.6 Å². The molecular formula is C26H29N6OS-. The zero-order valence-corrected chi connectivity index (χ0v) is 20.2. The number of nitrogens with one attached hydrogen (secondary N) is 1. The molecule has 0 bridgehead atoms. The number of para-hydroxylation sites is 1. The first-order chi connectivity index (χ1) is 16.7. The highest BCUT2D eigenvalue weighted by Crippen LogP contribution is 2.27. The quantitative estimate of drug-likeness (QED) is 0.378. The average molecular weight is 474 g/mol. The van der Waals surface area contributed by atoms with Crippen LogP contribution in [0.1, 0.15) is 21.9 Å². The SMILES string of the molecule is C[N-]CCCNc1nc(CN2CCN(C(=O)c3cc4ccccc4s3)CC2)nc2ccccc12. The normalized spacial score (nSPS) is 14.7. The van der Waals surface area contributed by atoms with Crippen LogP contribution in [-0.4, -0.2) is 72.0 Å². The highest BCUT2D eigenvalue weighted by molar-refractivity contribution is 7.20. The molecule has 176 valence electrons. The van der Waals surface area contributed by atoms with Gasteiger partial charge in [-0.2, -0.15) is 7.05 Å². The Hall–Kier alpha value is -3.07. The number of hydrogen-bond acceptors (Lipinski definition) is 6. The molecule has 1 saturated heterocycles. The average Bonchev–Trinajstić information content (AvgIpc) is 3.31. The fraction of sp³-hybridized carbons (Fsp3) is 0.346. The van der Waals surface area contributed by atoms with Crippen LogP contribution in [0.3, 0.4) is 0 Å². The van der Waals surface area contributed by atoms with Gasteiger partial charge in [0.25, 0.3) is 5.91 Å². The molecule has 0 unspecified atom stereocenters. The molecule has 7 nitrogen and oxygen atoms in total. The van der Waals surface area contributed by atoms with Crippen molar-refractivity contribution in [2.45, 2.75) is 13.0 Å². The molecule has 0 radical (unpaired) electrons. The minimum absolute atomic E-state index is 0.133. The second-order valence-corrected chi connectivity index (χ2v) is 9.63. The van der Waals surface area contributed by atoms with Crippen molar-refractivity contribution in [1.29, 1.82) is 0 Å². The van der Waals surface area contributed by atoms with E-state index in [2.05, 4.69) is 33.7 Å². The van der Waals surface area contributed by atoms with Crippen LogP contribution in [0.15, 0.2) is 54.6 Å². The lowest BCUT2D eigenvalue weighted by Gasteiger charge is -2.34. The number of benzene rings is 2. The van der Waals surface area contributed by atoms with Gasteiger partial charge in [-0.15, -0.1) is 17.9 Å². The maximum atomic E-state index is 13.1. The maximum Gasteiger partial charge on any atom is 0.264 e. The molecule has 1 aliphatic heterocycles. The van der Waals surface area contributed by atoms with Crippen LogP contribution in [0.2, 0.25) is 0 Å². The molecule has 5 rings (SSSR count). The van der Waals surface area contributed by atoms with E-state index in [9.17, 15) is 4.79 Å². The topological polar surface area (TPSA) is 75.5 Å². The number of fused-ring (bicyclic) bond motifs is 2. The number of piperazine rings is 1. The Labute approximate surface area is 203 Å². The summed E-state index contributed by atoms with van der Waals surface area (Å²) in [5.41, 5.74) is 0.953. The van der Waals surface area contributed by atoms with Gasteiger partial charge in [-0.25, -0.2) is 9.97 Å². The van der Waals surface area contributed by atoms with Crippen LogP contribution in [0.4, 0.5) is 5.82 Å². The Morgan fingerprint density at radius 3 is 2.68 bits per heavy atom. The molecule has 0 spiro atoms. The first-order valence-electron chi connectivity index (χ1n) is 11.8. The molecule has 0 atom stereocenters. The van der Waals surface area contributed by atoms with Crippen molar-refractivity contribution in [3.8, 4) is 0 Å². The summed E-state index contributed by atoms with van der Waals surface area (Å²) in [4.78, 5) is 27.8. The number of amides is 1. The molecule has 1 fully saturated rings. The molecule has 1 amide bonds.